The van der Waals surface area contributed by atoms with Crippen LogP contribution in [0.15, 0.2) is 67.3 Å². The molecule has 0 bridgehead atoms. The molecule has 3 aromatic carbocycles. The third kappa shape index (κ3) is 6.00. The van der Waals surface area contributed by atoms with Crippen LogP contribution in [0.1, 0.15) is 44.5 Å². The van der Waals surface area contributed by atoms with Gasteiger partial charge >= 0.3 is 0 Å². The molecule has 1 heterocycles. The molecule has 36 heavy (non-hydrogen) atoms. The zero-order valence-electron chi connectivity index (χ0n) is 20.4. The first-order valence-corrected chi connectivity index (χ1v) is 12.4. The van der Waals surface area contributed by atoms with Gasteiger partial charge in [-0.15, -0.1) is 6.58 Å². The lowest BCUT2D eigenvalue weighted by Gasteiger charge is -2.28. The molecule has 6 heteroatoms. The van der Waals surface area contributed by atoms with E-state index in [2.05, 4.69) is 13.5 Å². The third-order valence-corrected chi connectivity index (χ3v) is 6.33. The summed E-state index contributed by atoms with van der Waals surface area (Å²) in [7, 11) is 0. The van der Waals surface area contributed by atoms with Crippen LogP contribution in [0.25, 0.3) is 22.3 Å². The molecule has 3 nitrogen and oxygen atoms in total. The molecule has 1 fully saturated rings. The van der Waals surface area contributed by atoms with E-state index in [-0.39, 0.29) is 17.2 Å². The molecular formula is C30H31F3O3. The van der Waals surface area contributed by atoms with Crippen molar-refractivity contribution in [2.45, 2.75) is 38.9 Å². The maximum Gasteiger partial charge on any atom is 0.201 e. The average Bonchev–Trinajstić information content (AvgIpc) is 2.91. The molecule has 0 aliphatic carbocycles. The Morgan fingerprint density at radius 1 is 0.861 bits per heavy atom. The van der Waals surface area contributed by atoms with Gasteiger partial charge in [-0.25, -0.2) is 8.78 Å². The Kier molecular flexibility index (Phi) is 8.83. The van der Waals surface area contributed by atoms with Crippen LogP contribution in [0.3, 0.4) is 0 Å². The second-order valence-corrected chi connectivity index (χ2v) is 8.96. The van der Waals surface area contributed by atoms with Crippen LogP contribution in [0, 0.1) is 23.4 Å². The van der Waals surface area contributed by atoms with Crippen molar-refractivity contribution in [1.29, 1.82) is 0 Å². The third-order valence-electron chi connectivity index (χ3n) is 6.33. The Hall–Kier alpha value is -3.09. The van der Waals surface area contributed by atoms with Gasteiger partial charge in [-0.2, -0.15) is 4.39 Å². The van der Waals surface area contributed by atoms with E-state index in [0.717, 1.165) is 25.7 Å². The summed E-state index contributed by atoms with van der Waals surface area (Å²) in [6.45, 7) is 7.14. The molecule has 0 radical (unpaired) electrons. The molecule has 1 aliphatic rings. The fourth-order valence-electron chi connectivity index (χ4n) is 4.17. The summed E-state index contributed by atoms with van der Waals surface area (Å²) < 4.78 is 61.1. The monoisotopic (exact) mass is 496 g/mol. The number of hydrogen-bond acceptors (Lipinski definition) is 3. The largest absolute Gasteiger partial charge is 0.490 e. The Balaban J connectivity index is 1.45. The Bertz CT molecular complexity index is 1170. The summed E-state index contributed by atoms with van der Waals surface area (Å²) in [6.07, 6.45) is 5.13. The Morgan fingerprint density at radius 2 is 1.53 bits per heavy atom. The van der Waals surface area contributed by atoms with Crippen molar-refractivity contribution < 1.29 is 27.4 Å². The number of rotatable bonds is 10. The summed E-state index contributed by atoms with van der Waals surface area (Å²) in [5.41, 5.74) is 2.22. The minimum Gasteiger partial charge on any atom is -0.490 e. The van der Waals surface area contributed by atoms with Crippen molar-refractivity contribution >= 4 is 0 Å². The summed E-state index contributed by atoms with van der Waals surface area (Å²) in [5, 5.41) is 0. The zero-order chi connectivity index (χ0) is 25.5. The predicted octanol–water partition coefficient (Wildman–Crippen LogP) is 8.24. The minimum atomic E-state index is -1.000. The van der Waals surface area contributed by atoms with Crippen molar-refractivity contribution in [2.24, 2.45) is 5.92 Å². The molecule has 0 atom stereocenters. The van der Waals surface area contributed by atoms with E-state index in [1.807, 2.05) is 0 Å². The highest BCUT2D eigenvalue weighted by Gasteiger charge is 2.23. The fourth-order valence-corrected chi connectivity index (χ4v) is 4.17. The lowest BCUT2D eigenvalue weighted by atomic mass is 9.98. The van der Waals surface area contributed by atoms with Gasteiger partial charge in [0, 0.05) is 22.6 Å². The van der Waals surface area contributed by atoms with Crippen molar-refractivity contribution in [3.05, 3.63) is 90.3 Å². The van der Waals surface area contributed by atoms with E-state index in [4.69, 9.17) is 14.2 Å². The quantitative estimate of drug-likeness (QED) is 0.209. The fraction of sp³-hybridized carbons (Fsp3) is 0.333. The predicted molar refractivity (Wildman–Crippen MR) is 135 cm³/mol. The maximum atomic E-state index is 14.9. The van der Waals surface area contributed by atoms with E-state index < -0.39 is 23.7 Å². The van der Waals surface area contributed by atoms with Crippen LogP contribution in [0.4, 0.5) is 13.2 Å². The molecule has 0 N–H and O–H groups in total. The van der Waals surface area contributed by atoms with Crippen LogP contribution in [0.5, 0.6) is 5.75 Å². The van der Waals surface area contributed by atoms with Gasteiger partial charge in [-0.3, -0.25) is 0 Å². The smallest absolute Gasteiger partial charge is 0.201 e. The zero-order valence-corrected chi connectivity index (χ0v) is 20.4. The highest BCUT2D eigenvalue weighted by molar-refractivity contribution is 5.71. The highest BCUT2D eigenvalue weighted by atomic mass is 19.2. The molecule has 0 spiro atoms. The van der Waals surface area contributed by atoms with Crippen molar-refractivity contribution in [3.63, 3.8) is 0 Å². The first kappa shape index (κ1) is 26.0. The highest BCUT2D eigenvalue weighted by Crippen LogP contribution is 2.33. The molecule has 4 rings (SSSR count). The number of ether oxygens (including phenoxy) is 3. The lowest BCUT2D eigenvalue weighted by molar-refractivity contribution is -0.197. The summed E-state index contributed by atoms with van der Waals surface area (Å²) in [6, 6.07) is 14.5. The van der Waals surface area contributed by atoms with Gasteiger partial charge < -0.3 is 14.2 Å². The average molecular weight is 497 g/mol. The number of benzene rings is 3. The van der Waals surface area contributed by atoms with Gasteiger partial charge in [-0.1, -0.05) is 68.7 Å². The molecular weight excluding hydrogens is 465 g/mol. The standard InChI is InChI=1S/C30H31F3O3/c1-3-5-6-7-16-34-27-15-14-25(28(32)29(27)33)22-10-8-21(9-11-22)24-13-12-23(17-26(24)31)30-35-18-20(4-2)19-36-30/h4,8-15,17,20,30H,2-3,5-7,16,18-19H2,1H3. The van der Waals surface area contributed by atoms with E-state index >= 15 is 0 Å². The Labute approximate surface area is 210 Å². The topological polar surface area (TPSA) is 27.7 Å². The van der Waals surface area contributed by atoms with Crippen LogP contribution in [0.2, 0.25) is 0 Å². The molecule has 1 saturated heterocycles. The summed E-state index contributed by atoms with van der Waals surface area (Å²) in [5.74, 6) is -2.34. The first-order chi connectivity index (χ1) is 17.5. The van der Waals surface area contributed by atoms with Crippen molar-refractivity contribution in [2.75, 3.05) is 19.8 Å². The molecule has 190 valence electrons. The first-order valence-electron chi connectivity index (χ1n) is 12.4. The molecule has 0 amide bonds. The van der Waals surface area contributed by atoms with Crippen LogP contribution >= 0.6 is 0 Å². The van der Waals surface area contributed by atoms with Gasteiger partial charge in [0.15, 0.2) is 17.9 Å². The van der Waals surface area contributed by atoms with E-state index in [9.17, 15) is 13.2 Å². The SMILES string of the molecule is C=CC1COC(c2ccc(-c3ccc(-c4ccc(OCCCCCC)c(F)c4F)cc3)c(F)c2)OC1. The molecule has 0 aromatic heterocycles. The van der Waals surface area contributed by atoms with Gasteiger partial charge in [0.05, 0.1) is 19.8 Å². The second kappa shape index (κ2) is 12.2. The maximum absolute atomic E-state index is 14.9. The normalized spacial score (nSPS) is 17.7. The van der Waals surface area contributed by atoms with Crippen LogP contribution in [-0.2, 0) is 9.47 Å². The number of halogens is 3. The Morgan fingerprint density at radius 3 is 2.17 bits per heavy atom. The van der Waals surface area contributed by atoms with Gasteiger partial charge in [0.25, 0.3) is 0 Å². The number of hydrogen-bond donors (Lipinski definition) is 0. The van der Waals surface area contributed by atoms with Crippen LogP contribution in [-0.4, -0.2) is 19.8 Å². The van der Waals surface area contributed by atoms with E-state index in [1.54, 1.807) is 42.5 Å². The number of unbranched alkanes of at least 4 members (excludes halogenated alkanes) is 3. The summed E-state index contributed by atoms with van der Waals surface area (Å²) in [4.78, 5) is 0. The van der Waals surface area contributed by atoms with E-state index in [0.29, 0.717) is 42.1 Å². The minimum absolute atomic E-state index is 0.0857. The van der Waals surface area contributed by atoms with Gasteiger partial charge in [0.1, 0.15) is 5.82 Å². The van der Waals surface area contributed by atoms with Crippen molar-refractivity contribution in [3.8, 4) is 28.0 Å². The van der Waals surface area contributed by atoms with E-state index in [1.165, 1.54) is 18.2 Å². The molecule has 0 saturated carbocycles. The van der Waals surface area contributed by atoms with Crippen molar-refractivity contribution in [1.82, 2.24) is 0 Å². The molecule has 3 aromatic rings. The van der Waals surface area contributed by atoms with Gasteiger partial charge in [-0.05, 0) is 35.7 Å². The molecule has 0 unspecified atom stereocenters. The summed E-state index contributed by atoms with van der Waals surface area (Å²) >= 11 is 0. The lowest BCUT2D eigenvalue weighted by Crippen LogP contribution is -2.25. The van der Waals surface area contributed by atoms with Gasteiger partial charge in [0.2, 0.25) is 5.82 Å². The van der Waals surface area contributed by atoms with Crippen LogP contribution < -0.4 is 4.74 Å². The molecule has 1 aliphatic heterocycles. The second-order valence-electron chi connectivity index (χ2n) is 8.96.